The molecule has 0 aliphatic rings. The summed E-state index contributed by atoms with van der Waals surface area (Å²) >= 11 is 3.18. The molecular formula is C9H11BrN2O2. The topological polar surface area (TPSA) is 46.4 Å². The first kappa shape index (κ1) is 11.1. The zero-order chi connectivity index (χ0) is 10.7. The first-order valence-electron chi connectivity index (χ1n) is 4.08. The van der Waals surface area contributed by atoms with Crippen molar-refractivity contribution in [3.8, 4) is 0 Å². The fourth-order valence-electron chi connectivity index (χ4n) is 1.16. The van der Waals surface area contributed by atoms with Gasteiger partial charge in [-0.25, -0.2) is 0 Å². The van der Waals surface area contributed by atoms with E-state index in [9.17, 15) is 10.1 Å². The smallest absolute Gasteiger partial charge is 0.283 e. The highest BCUT2D eigenvalue weighted by Gasteiger charge is 2.11. The number of rotatable bonds is 3. The van der Waals surface area contributed by atoms with Crippen molar-refractivity contribution in [2.75, 3.05) is 14.1 Å². The summed E-state index contributed by atoms with van der Waals surface area (Å²) in [6.45, 7) is 0.774. The second-order valence-electron chi connectivity index (χ2n) is 3.28. The summed E-state index contributed by atoms with van der Waals surface area (Å²) < 4.78 is 0.529. The Morgan fingerprint density at radius 1 is 1.50 bits per heavy atom. The van der Waals surface area contributed by atoms with Crippen molar-refractivity contribution in [1.82, 2.24) is 4.90 Å². The van der Waals surface area contributed by atoms with Crippen LogP contribution in [0.25, 0.3) is 0 Å². The van der Waals surface area contributed by atoms with Crippen LogP contribution >= 0.6 is 15.9 Å². The number of benzene rings is 1. The van der Waals surface area contributed by atoms with E-state index in [1.165, 1.54) is 6.07 Å². The van der Waals surface area contributed by atoms with Gasteiger partial charge in [-0.1, -0.05) is 6.07 Å². The van der Waals surface area contributed by atoms with Gasteiger partial charge in [0.15, 0.2) is 0 Å². The van der Waals surface area contributed by atoms with Gasteiger partial charge in [0.2, 0.25) is 0 Å². The Hall–Kier alpha value is -0.940. The Morgan fingerprint density at radius 3 is 2.57 bits per heavy atom. The lowest BCUT2D eigenvalue weighted by Crippen LogP contribution is -2.10. The molecule has 0 unspecified atom stereocenters. The monoisotopic (exact) mass is 258 g/mol. The molecule has 0 aliphatic carbocycles. The number of hydrogen-bond donors (Lipinski definition) is 0. The van der Waals surface area contributed by atoms with Crippen LogP contribution in [0.1, 0.15) is 5.56 Å². The highest BCUT2D eigenvalue weighted by Crippen LogP contribution is 2.25. The molecule has 0 atom stereocenters. The van der Waals surface area contributed by atoms with Gasteiger partial charge >= 0.3 is 0 Å². The molecule has 0 fully saturated rings. The highest BCUT2D eigenvalue weighted by atomic mass is 79.9. The molecule has 0 heterocycles. The van der Waals surface area contributed by atoms with Gasteiger partial charge in [-0.3, -0.25) is 10.1 Å². The Morgan fingerprint density at radius 2 is 2.14 bits per heavy atom. The van der Waals surface area contributed by atoms with E-state index in [2.05, 4.69) is 15.9 Å². The maximum atomic E-state index is 10.5. The first-order valence-corrected chi connectivity index (χ1v) is 4.87. The lowest BCUT2D eigenvalue weighted by atomic mass is 10.2. The van der Waals surface area contributed by atoms with E-state index >= 15 is 0 Å². The molecule has 0 spiro atoms. The molecular weight excluding hydrogens is 248 g/mol. The van der Waals surface area contributed by atoms with Gasteiger partial charge in [0.05, 0.1) is 9.40 Å². The van der Waals surface area contributed by atoms with Crippen molar-refractivity contribution in [3.05, 3.63) is 38.3 Å². The van der Waals surface area contributed by atoms with Gasteiger partial charge in [0, 0.05) is 12.6 Å². The fourth-order valence-corrected chi connectivity index (χ4v) is 1.73. The lowest BCUT2D eigenvalue weighted by Gasteiger charge is -2.09. The molecule has 0 aromatic heterocycles. The average molecular weight is 259 g/mol. The number of nitro benzene ring substituents is 1. The minimum Gasteiger partial charge on any atom is -0.305 e. The summed E-state index contributed by atoms with van der Waals surface area (Å²) in [5.41, 5.74) is 1.15. The molecule has 0 N–H and O–H groups in total. The van der Waals surface area contributed by atoms with Crippen molar-refractivity contribution in [2.45, 2.75) is 6.54 Å². The summed E-state index contributed by atoms with van der Waals surface area (Å²) in [7, 11) is 3.91. The summed E-state index contributed by atoms with van der Waals surface area (Å²) in [4.78, 5) is 12.1. The Labute approximate surface area is 90.8 Å². The van der Waals surface area contributed by atoms with Gasteiger partial charge in [-0.05, 0) is 41.7 Å². The van der Waals surface area contributed by atoms with Crippen molar-refractivity contribution >= 4 is 21.6 Å². The molecule has 1 aromatic carbocycles. The SMILES string of the molecule is CN(C)Cc1ccc([N+](=O)[O-])c(Br)c1. The van der Waals surface area contributed by atoms with Crippen molar-refractivity contribution in [1.29, 1.82) is 0 Å². The van der Waals surface area contributed by atoms with Crippen LogP contribution in [-0.4, -0.2) is 23.9 Å². The number of nitrogens with zero attached hydrogens (tertiary/aromatic N) is 2. The number of nitro groups is 1. The van der Waals surface area contributed by atoms with Crippen LogP contribution in [-0.2, 0) is 6.54 Å². The average Bonchev–Trinajstić information content (AvgIpc) is 2.01. The van der Waals surface area contributed by atoms with Gasteiger partial charge in [0.1, 0.15) is 0 Å². The van der Waals surface area contributed by atoms with E-state index in [0.29, 0.717) is 4.47 Å². The third kappa shape index (κ3) is 2.78. The maximum Gasteiger partial charge on any atom is 0.283 e. The predicted octanol–water partition coefficient (Wildman–Crippen LogP) is 2.42. The molecule has 1 aromatic rings. The Balaban J connectivity index is 2.94. The molecule has 0 aliphatic heterocycles. The van der Waals surface area contributed by atoms with Gasteiger partial charge in [0.25, 0.3) is 5.69 Å². The van der Waals surface area contributed by atoms with E-state index in [1.807, 2.05) is 19.0 Å². The second kappa shape index (κ2) is 4.52. The molecule has 0 saturated heterocycles. The molecule has 0 saturated carbocycles. The fraction of sp³-hybridized carbons (Fsp3) is 0.333. The first-order chi connectivity index (χ1) is 6.50. The quantitative estimate of drug-likeness (QED) is 0.618. The van der Waals surface area contributed by atoms with Gasteiger partial charge in [-0.15, -0.1) is 0 Å². The minimum absolute atomic E-state index is 0.104. The molecule has 0 radical (unpaired) electrons. The van der Waals surface area contributed by atoms with Crippen LogP contribution in [0, 0.1) is 10.1 Å². The van der Waals surface area contributed by atoms with E-state index < -0.39 is 4.92 Å². The van der Waals surface area contributed by atoms with Crippen LogP contribution in [0.5, 0.6) is 0 Å². The minimum atomic E-state index is -0.399. The summed E-state index contributed by atoms with van der Waals surface area (Å²) in [6, 6.07) is 5.06. The van der Waals surface area contributed by atoms with Crippen LogP contribution in [0.3, 0.4) is 0 Å². The number of halogens is 1. The molecule has 76 valence electrons. The van der Waals surface area contributed by atoms with Crippen molar-refractivity contribution in [2.24, 2.45) is 0 Å². The van der Waals surface area contributed by atoms with E-state index in [4.69, 9.17) is 0 Å². The van der Waals surface area contributed by atoms with Gasteiger partial charge in [-0.2, -0.15) is 0 Å². The Kier molecular flexibility index (Phi) is 3.60. The summed E-state index contributed by atoms with van der Waals surface area (Å²) in [5, 5.41) is 10.5. The highest BCUT2D eigenvalue weighted by molar-refractivity contribution is 9.10. The lowest BCUT2D eigenvalue weighted by molar-refractivity contribution is -0.385. The van der Waals surface area contributed by atoms with E-state index in [-0.39, 0.29) is 5.69 Å². The standard InChI is InChI=1S/C9H11BrN2O2/c1-11(2)6-7-3-4-9(12(13)14)8(10)5-7/h3-5H,6H2,1-2H3. The summed E-state index contributed by atoms with van der Waals surface area (Å²) in [6.07, 6.45) is 0. The van der Waals surface area contributed by atoms with Crippen LogP contribution in [0.15, 0.2) is 22.7 Å². The third-order valence-electron chi connectivity index (χ3n) is 1.71. The number of hydrogen-bond acceptors (Lipinski definition) is 3. The largest absolute Gasteiger partial charge is 0.305 e. The van der Waals surface area contributed by atoms with Crippen LogP contribution in [0.4, 0.5) is 5.69 Å². The Bertz CT molecular complexity index is 353. The third-order valence-corrected chi connectivity index (χ3v) is 2.34. The molecule has 4 nitrogen and oxygen atoms in total. The zero-order valence-corrected chi connectivity index (χ0v) is 9.61. The molecule has 1 rings (SSSR count). The molecule has 5 heteroatoms. The second-order valence-corrected chi connectivity index (χ2v) is 4.13. The van der Waals surface area contributed by atoms with E-state index in [0.717, 1.165) is 12.1 Å². The molecule has 0 amide bonds. The molecule has 0 bridgehead atoms. The normalized spacial score (nSPS) is 10.6. The predicted molar refractivity (Wildman–Crippen MR) is 58.2 cm³/mol. The molecule has 14 heavy (non-hydrogen) atoms. The van der Waals surface area contributed by atoms with Crippen LogP contribution in [0.2, 0.25) is 0 Å². The van der Waals surface area contributed by atoms with Crippen molar-refractivity contribution < 1.29 is 4.92 Å². The van der Waals surface area contributed by atoms with Crippen LogP contribution < -0.4 is 0 Å². The van der Waals surface area contributed by atoms with E-state index in [1.54, 1.807) is 12.1 Å². The summed E-state index contributed by atoms with van der Waals surface area (Å²) in [5.74, 6) is 0. The zero-order valence-electron chi connectivity index (χ0n) is 8.03. The van der Waals surface area contributed by atoms with Crippen molar-refractivity contribution in [3.63, 3.8) is 0 Å². The maximum absolute atomic E-state index is 10.5. The van der Waals surface area contributed by atoms with Gasteiger partial charge < -0.3 is 4.90 Å².